The van der Waals surface area contributed by atoms with Gasteiger partial charge < -0.3 is 19.5 Å². The van der Waals surface area contributed by atoms with Crippen LogP contribution < -0.4 is 10.2 Å². The highest BCUT2D eigenvalue weighted by atomic mass is 16.3. The van der Waals surface area contributed by atoms with Crippen LogP contribution in [0.4, 0.5) is 11.5 Å². The molecule has 7 nitrogen and oxygen atoms in total. The van der Waals surface area contributed by atoms with E-state index in [4.69, 9.17) is 4.42 Å². The van der Waals surface area contributed by atoms with Gasteiger partial charge in [-0.25, -0.2) is 4.98 Å². The van der Waals surface area contributed by atoms with Gasteiger partial charge in [0, 0.05) is 43.3 Å². The maximum absolute atomic E-state index is 13.4. The largest absolute Gasteiger partial charge is 0.449 e. The molecule has 0 radical (unpaired) electrons. The van der Waals surface area contributed by atoms with Gasteiger partial charge in [0.1, 0.15) is 17.1 Å². The van der Waals surface area contributed by atoms with Gasteiger partial charge >= 0.3 is 0 Å². The van der Waals surface area contributed by atoms with Crippen LogP contribution in [-0.4, -0.2) is 47.9 Å². The molecule has 1 aliphatic rings. The minimum Gasteiger partial charge on any atom is -0.449 e. The highest BCUT2D eigenvalue weighted by Gasteiger charge is 2.29. The van der Waals surface area contributed by atoms with Crippen LogP contribution in [0.2, 0.25) is 0 Å². The number of anilines is 2. The number of hydrogen-bond donors (Lipinski definition) is 1. The molecule has 0 bridgehead atoms. The van der Waals surface area contributed by atoms with Gasteiger partial charge in [0.2, 0.25) is 5.76 Å². The van der Waals surface area contributed by atoms with Gasteiger partial charge in [-0.05, 0) is 36.4 Å². The van der Waals surface area contributed by atoms with Gasteiger partial charge in [0.25, 0.3) is 11.8 Å². The lowest BCUT2D eigenvalue weighted by atomic mass is 10.1. The molecular formula is C25H22N4O3. The summed E-state index contributed by atoms with van der Waals surface area (Å²) in [5.41, 5.74) is 1.48. The van der Waals surface area contributed by atoms with E-state index in [1.165, 1.54) is 0 Å². The molecule has 1 aliphatic heterocycles. The molecular weight excluding hydrogens is 404 g/mol. The van der Waals surface area contributed by atoms with Crippen molar-refractivity contribution < 1.29 is 14.0 Å². The van der Waals surface area contributed by atoms with Crippen molar-refractivity contribution in [2.75, 3.05) is 36.4 Å². The maximum atomic E-state index is 13.4. The van der Waals surface area contributed by atoms with Crippen LogP contribution in [0.5, 0.6) is 0 Å². The molecule has 2 aromatic heterocycles. The quantitative estimate of drug-likeness (QED) is 0.533. The summed E-state index contributed by atoms with van der Waals surface area (Å²) in [7, 11) is 0. The van der Waals surface area contributed by atoms with Gasteiger partial charge in [0.05, 0.1) is 0 Å². The van der Waals surface area contributed by atoms with Crippen molar-refractivity contribution in [2.45, 2.75) is 0 Å². The molecule has 160 valence electrons. The third kappa shape index (κ3) is 3.80. The molecule has 0 aliphatic carbocycles. The van der Waals surface area contributed by atoms with E-state index in [0.717, 1.165) is 5.82 Å². The molecule has 0 saturated carbocycles. The first kappa shape index (κ1) is 19.8. The van der Waals surface area contributed by atoms with Crippen molar-refractivity contribution >= 4 is 34.3 Å². The Kier molecular flexibility index (Phi) is 5.29. The van der Waals surface area contributed by atoms with E-state index in [-0.39, 0.29) is 17.6 Å². The fraction of sp³-hybridized carbons (Fsp3) is 0.160. The second-order valence-corrected chi connectivity index (χ2v) is 7.59. The summed E-state index contributed by atoms with van der Waals surface area (Å²) >= 11 is 0. The second kappa shape index (κ2) is 8.55. The van der Waals surface area contributed by atoms with Crippen LogP contribution >= 0.6 is 0 Å². The van der Waals surface area contributed by atoms with Crippen molar-refractivity contribution in [3.05, 3.63) is 90.3 Å². The van der Waals surface area contributed by atoms with Gasteiger partial charge in [-0.3, -0.25) is 9.59 Å². The molecule has 1 N–H and O–H groups in total. The van der Waals surface area contributed by atoms with Crippen molar-refractivity contribution in [1.29, 1.82) is 0 Å². The van der Waals surface area contributed by atoms with E-state index in [1.54, 1.807) is 41.4 Å². The van der Waals surface area contributed by atoms with E-state index in [1.807, 2.05) is 42.5 Å². The summed E-state index contributed by atoms with van der Waals surface area (Å²) in [6.45, 7) is 2.43. The maximum Gasteiger partial charge on any atom is 0.291 e. The van der Waals surface area contributed by atoms with Gasteiger partial charge in [0.15, 0.2) is 0 Å². The number of rotatable bonds is 4. The topological polar surface area (TPSA) is 78.7 Å². The standard InChI is InChI=1S/C25H22N4O3/c30-24(18-8-2-1-3-9-18)27-22-19-10-4-5-11-20(19)32-23(22)25(31)29-16-14-28(15-17-29)21-12-6-7-13-26-21/h1-13H,14-17H2,(H,27,30). The number of piperazine rings is 1. The summed E-state index contributed by atoms with van der Waals surface area (Å²) in [4.78, 5) is 34.5. The summed E-state index contributed by atoms with van der Waals surface area (Å²) in [5.74, 6) is 0.539. The van der Waals surface area contributed by atoms with Crippen LogP contribution in [0, 0.1) is 0 Å². The Labute approximate surface area is 185 Å². The molecule has 2 amide bonds. The number of hydrogen-bond acceptors (Lipinski definition) is 5. The molecule has 0 atom stereocenters. The van der Waals surface area contributed by atoms with Crippen LogP contribution in [0.15, 0.2) is 83.4 Å². The molecule has 2 aromatic carbocycles. The second-order valence-electron chi connectivity index (χ2n) is 7.59. The van der Waals surface area contributed by atoms with Crippen molar-refractivity contribution in [3.63, 3.8) is 0 Å². The number of amides is 2. The number of furan rings is 1. The van der Waals surface area contributed by atoms with Gasteiger partial charge in [-0.15, -0.1) is 0 Å². The highest BCUT2D eigenvalue weighted by molar-refractivity contribution is 6.14. The van der Waals surface area contributed by atoms with Crippen molar-refractivity contribution in [2.24, 2.45) is 0 Å². The van der Waals surface area contributed by atoms with Crippen LogP contribution in [0.25, 0.3) is 11.0 Å². The minimum atomic E-state index is -0.286. The Morgan fingerprint density at radius 2 is 1.56 bits per heavy atom. The number of nitrogens with one attached hydrogen (secondary N) is 1. The zero-order valence-corrected chi connectivity index (χ0v) is 17.4. The number of para-hydroxylation sites is 1. The van der Waals surface area contributed by atoms with Crippen LogP contribution in [-0.2, 0) is 0 Å². The molecule has 0 unspecified atom stereocenters. The molecule has 1 fully saturated rings. The van der Waals surface area contributed by atoms with Crippen molar-refractivity contribution in [1.82, 2.24) is 9.88 Å². The number of fused-ring (bicyclic) bond motifs is 1. The Morgan fingerprint density at radius 3 is 2.31 bits per heavy atom. The van der Waals surface area contributed by atoms with E-state index in [9.17, 15) is 9.59 Å². The predicted octanol–water partition coefficient (Wildman–Crippen LogP) is 4.04. The molecule has 3 heterocycles. The summed E-state index contributed by atoms with van der Waals surface area (Å²) in [5, 5.41) is 3.61. The lowest BCUT2D eigenvalue weighted by Gasteiger charge is -2.35. The van der Waals surface area contributed by atoms with Crippen molar-refractivity contribution in [3.8, 4) is 0 Å². The average Bonchev–Trinajstić information content (AvgIpc) is 3.23. The highest BCUT2D eigenvalue weighted by Crippen LogP contribution is 2.32. The Morgan fingerprint density at radius 1 is 0.844 bits per heavy atom. The first-order valence-corrected chi connectivity index (χ1v) is 10.5. The molecule has 4 aromatic rings. The first-order valence-electron chi connectivity index (χ1n) is 10.5. The monoisotopic (exact) mass is 426 g/mol. The Bertz CT molecular complexity index is 1250. The molecule has 0 spiro atoms. The Hall–Kier alpha value is -4.13. The lowest BCUT2D eigenvalue weighted by Crippen LogP contribution is -2.49. The van der Waals surface area contributed by atoms with Crippen LogP contribution in [0.3, 0.4) is 0 Å². The zero-order chi connectivity index (χ0) is 21.9. The normalized spacial score (nSPS) is 13.9. The summed E-state index contributed by atoms with van der Waals surface area (Å²) in [6, 6.07) is 22.1. The predicted molar refractivity (Wildman–Crippen MR) is 123 cm³/mol. The molecule has 1 saturated heterocycles. The summed E-state index contributed by atoms with van der Waals surface area (Å²) in [6.07, 6.45) is 1.77. The average molecular weight is 426 g/mol. The number of pyridine rings is 1. The zero-order valence-electron chi connectivity index (χ0n) is 17.4. The fourth-order valence-corrected chi connectivity index (χ4v) is 3.92. The smallest absolute Gasteiger partial charge is 0.291 e. The third-order valence-electron chi connectivity index (χ3n) is 5.60. The van der Waals surface area contributed by atoms with E-state index < -0.39 is 0 Å². The number of nitrogens with zero attached hydrogens (tertiary/aromatic N) is 3. The minimum absolute atomic E-state index is 0.154. The van der Waals surface area contributed by atoms with Crippen LogP contribution in [0.1, 0.15) is 20.9 Å². The fourth-order valence-electron chi connectivity index (χ4n) is 3.92. The molecule has 32 heavy (non-hydrogen) atoms. The molecule has 7 heteroatoms. The first-order chi connectivity index (χ1) is 15.7. The van der Waals surface area contributed by atoms with E-state index in [2.05, 4.69) is 15.2 Å². The molecule has 5 rings (SSSR count). The number of carbonyl (C=O) groups excluding carboxylic acids is 2. The van der Waals surface area contributed by atoms with Gasteiger partial charge in [-0.1, -0.05) is 36.4 Å². The van der Waals surface area contributed by atoms with Gasteiger partial charge in [-0.2, -0.15) is 0 Å². The number of benzene rings is 2. The number of carbonyl (C=O) groups is 2. The van der Waals surface area contributed by atoms with E-state index in [0.29, 0.717) is 48.4 Å². The SMILES string of the molecule is O=C(Nc1c(C(=O)N2CCN(c3ccccn3)CC2)oc2ccccc12)c1ccccc1. The lowest BCUT2D eigenvalue weighted by molar-refractivity contribution is 0.0718. The Balaban J connectivity index is 1.39. The number of aromatic nitrogens is 1. The van der Waals surface area contributed by atoms with E-state index >= 15 is 0 Å². The summed E-state index contributed by atoms with van der Waals surface area (Å²) < 4.78 is 5.93. The third-order valence-corrected chi connectivity index (χ3v) is 5.60.